The van der Waals surface area contributed by atoms with Gasteiger partial charge in [-0.05, 0) is 18.2 Å². The molecule has 2 rings (SSSR count). The predicted octanol–water partition coefficient (Wildman–Crippen LogP) is 3.89. The summed E-state index contributed by atoms with van der Waals surface area (Å²) in [6, 6.07) is 5.49. The van der Waals surface area contributed by atoms with Crippen molar-refractivity contribution < 1.29 is 23.3 Å². The number of aromatic nitrogens is 1. The van der Waals surface area contributed by atoms with Crippen molar-refractivity contribution in [2.45, 2.75) is 6.18 Å². The molecule has 0 bridgehead atoms. The number of nitro benzene ring substituents is 1. The molecule has 0 amide bonds. The minimum Gasteiger partial charge on any atom is -0.410 e. The molecule has 0 unspecified atom stereocenters. The molecule has 1 aromatic heterocycles. The first kappa shape index (κ1) is 16.7. The number of non-ortho nitro benzene ring substituents is 1. The Kier molecular flexibility index (Phi) is 4.50. The molecule has 1 N–H and O–H groups in total. The van der Waals surface area contributed by atoms with Crippen molar-refractivity contribution in [2.24, 2.45) is 5.16 Å². The highest BCUT2D eigenvalue weighted by Gasteiger charge is 2.32. The van der Waals surface area contributed by atoms with Crippen molar-refractivity contribution in [3.63, 3.8) is 0 Å². The van der Waals surface area contributed by atoms with E-state index in [2.05, 4.69) is 10.1 Å². The Balaban J connectivity index is 2.44. The lowest BCUT2D eigenvalue weighted by Crippen LogP contribution is -2.11. The Labute approximate surface area is 132 Å². The van der Waals surface area contributed by atoms with E-state index >= 15 is 0 Å². The highest BCUT2D eigenvalue weighted by molar-refractivity contribution is 6.35. The van der Waals surface area contributed by atoms with E-state index in [4.69, 9.17) is 16.8 Å². The van der Waals surface area contributed by atoms with Crippen LogP contribution >= 0.6 is 11.6 Å². The molecule has 0 saturated heterocycles. The molecular weight excluding hydrogens is 339 g/mol. The van der Waals surface area contributed by atoms with Crippen LogP contribution in [0.4, 0.5) is 18.9 Å². The third-order valence-electron chi connectivity index (χ3n) is 2.84. The molecule has 120 valence electrons. The number of nitro groups is 1. The molecule has 0 aliphatic rings. The smallest absolute Gasteiger partial charge is 0.410 e. The molecule has 10 heteroatoms. The Hall–Kier alpha value is -2.68. The van der Waals surface area contributed by atoms with E-state index in [0.717, 1.165) is 12.1 Å². The first-order valence-corrected chi connectivity index (χ1v) is 6.32. The summed E-state index contributed by atoms with van der Waals surface area (Å²) in [7, 11) is 0. The van der Waals surface area contributed by atoms with Crippen molar-refractivity contribution >= 4 is 23.0 Å². The fourth-order valence-corrected chi connectivity index (χ4v) is 2.01. The van der Waals surface area contributed by atoms with Crippen LogP contribution in [0.2, 0.25) is 5.02 Å². The van der Waals surface area contributed by atoms with Crippen molar-refractivity contribution in [2.75, 3.05) is 0 Å². The van der Waals surface area contributed by atoms with Gasteiger partial charge in [0.25, 0.3) is 5.69 Å². The number of pyridine rings is 1. The second kappa shape index (κ2) is 6.21. The Morgan fingerprint density at radius 2 is 1.91 bits per heavy atom. The first-order chi connectivity index (χ1) is 10.7. The molecule has 0 radical (unpaired) electrons. The van der Waals surface area contributed by atoms with Gasteiger partial charge in [0.05, 0.1) is 15.5 Å². The second-order valence-electron chi connectivity index (χ2n) is 4.30. The predicted molar refractivity (Wildman–Crippen MR) is 74.8 cm³/mol. The number of alkyl halides is 3. The minimum absolute atomic E-state index is 0.184. The number of rotatable bonds is 3. The summed E-state index contributed by atoms with van der Waals surface area (Å²) in [5.74, 6) is 0. The van der Waals surface area contributed by atoms with E-state index in [-0.39, 0.29) is 27.7 Å². The van der Waals surface area contributed by atoms with E-state index < -0.39 is 16.7 Å². The summed E-state index contributed by atoms with van der Waals surface area (Å²) in [5.41, 5.74) is -1.44. The summed E-state index contributed by atoms with van der Waals surface area (Å²) in [6.07, 6.45) is -4.06. The van der Waals surface area contributed by atoms with E-state index in [0.29, 0.717) is 12.3 Å². The number of hydrogen-bond acceptors (Lipinski definition) is 5. The molecular formula is C13H7ClF3N3O3. The van der Waals surface area contributed by atoms with Gasteiger partial charge in [-0.2, -0.15) is 13.2 Å². The SMILES string of the molecule is O=[N+]([O-])c1ccc(/C(=N/O)c2ncc(C(F)(F)F)cc2Cl)cc1. The maximum Gasteiger partial charge on any atom is 0.417 e. The van der Waals surface area contributed by atoms with Crippen LogP contribution in [0.5, 0.6) is 0 Å². The van der Waals surface area contributed by atoms with Gasteiger partial charge in [-0.3, -0.25) is 15.1 Å². The van der Waals surface area contributed by atoms with Gasteiger partial charge in [0.2, 0.25) is 0 Å². The second-order valence-corrected chi connectivity index (χ2v) is 4.71. The van der Waals surface area contributed by atoms with Crippen LogP contribution in [0.1, 0.15) is 16.8 Å². The van der Waals surface area contributed by atoms with E-state index in [1.807, 2.05) is 0 Å². The molecule has 0 spiro atoms. The van der Waals surface area contributed by atoms with Gasteiger partial charge in [0.15, 0.2) is 0 Å². The molecule has 1 heterocycles. The zero-order valence-corrected chi connectivity index (χ0v) is 11.8. The normalized spacial score (nSPS) is 12.3. The zero-order valence-electron chi connectivity index (χ0n) is 11.1. The van der Waals surface area contributed by atoms with Gasteiger partial charge in [-0.1, -0.05) is 16.8 Å². The summed E-state index contributed by atoms with van der Waals surface area (Å²) < 4.78 is 37.8. The maximum absolute atomic E-state index is 12.6. The molecule has 0 aliphatic carbocycles. The number of oxime groups is 1. The quantitative estimate of drug-likeness (QED) is 0.395. The molecule has 2 aromatic rings. The summed E-state index contributed by atoms with van der Waals surface area (Å²) >= 11 is 5.78. The Morgan fingerprint density at radius 1 is 1.30 bits per heavy atom. The molecule has 0 atom stereocenters. The van der Waals surface area contributed by atoms with Crippen molar-refractivity contribution in [1.82, 2.24) is 4.98 Å². The molecule has 0 fully saturated rings. The lowest BCUT2D eigenvalue weighted by molar-refractivity contribution is -0.384. The Morgan fingerprint density at radius 3 is 2.35 bits per heavy atom. The van der Waals surface area contributed by atoms with E-state index in [9.17, 15) is 23.3 Å². The first-order valence-electron chi connectivity index (χ1n) is 5.94. The highest BCUT2D eigenvalue weighted by Crippen LogP contribution is 2.31. The number of nitrogens with zero attached hydrogens (tertiary/aromatic N) is 3. The van der Waals surface area contributed by atoms with E-state index in [1.54, 1.807) is 0 Å². The fraction of sp³-hybridized carbons (Fsp3) is 0.0769. The van der Waals surface area contributed by atoms with Crippen molar-refractivity contribution in [3.05, 3.63) is 68.5 Å². The monoisotopic (exact) mass is 345 g/mol. The lowest BCUT2D eigenvalue weighted by Gasteiger charge is -2.10. The summed E-state index contributed by atoms with van der Waals surface area (Å²) in [6.45, 7) is 0. The van der Waals surface area contributed by atoms with Crippen LogP contribution in [0.15, 0.2) is 41.7 Å². The zero-order chi connectivity index (χ0) is 17.2. The number of halogens is 4. The van der Waals surface area contributed by atoms with Gasteiger partial charge in [0, 0.05) is 23.9 Å². The average Bonchev–Trinajstić information content (AvgIpc) is 2.49. The van der Waals surface area contributed by atoms with Crippen LogP contribution in [-0.4, -0.2) is 20.8 Å². The number of benzene rings is 1. The van der Waals surface area contributed by atoms with Crippen LogP contribution in [0, 0.1) is 10.1 Å². The van der Waals surface area contributed by atoms with Gasteiger partial charge in [0.1, 0.15) is 11.4 Å². The van der Waals surface area contributed by atoms with Crippen LogP contribution in [0.25, 0.3) is 0 Å². The van der Waals surface area contributed by atoms with Crippen LogP contribution in [-0.2, 0) is 6.18 Å². The lowest BCUT2D eigenvalue weighted by atomic mass is 10.1. The third kappa shape index (κ3) is 3.57. The number of hydrogen-bond donors (Lipinski definition) is 1. The molecule has 0 aliphatic heterocycles. The van der Waals surface area contributed by atoms with Gasteiger partial charge in [-0.15, -0.1) is 0 Å². The van der Waals surface area contributed by atoms with Gasteiger partial charge < -0.3 is 5.21 Å². The Bertz CT molecular complexity index is 776. The molecule has 23 heavy (non-hydrogen) atoms. The van der Waals surface area contributed by atoms with Crippen LogP contribution in [0.3, 0.4) is 0 Å². The fourth-order valence-electron chi connectivity index (χ4n) is 1.75. The van der Waals surface area contributed by atoms with Gasteiger partial charge in [-0.25, -0.2) is 0 Å². The standard InChI is InChI=1S/C13H7ClF3N3O3/c14-10-5-8(13(15,16)17)6-18-12(10)11(19-21)7-1-3-9(4-2-7)20(22)23/h1-6,21H/b19-11-. The molecule has 6 nitrogen and oxygen atoms in total. The van der Waals surface area contributed by atoms with Gasteiger partial charge >= 0.3 is 6.18 Å². The largest absolute Gasteiger partial charge is 0.417 e. The molecule has 0 saturated carbocycles. The average molecular weight is 346 g/mol. The maximum atomic E-state index is 12.6. The summed E-state index contributed by atoms with van der Waals surface area (Å²) in [4.78, 5) is 13.5. The molecule has 1 aromatic carbocycles. The highest BCUT2D eigenvalue weighted by atomic mass is 35.5. The van der Waals surface area contributed by atoms with E-state index in [1.165, 1.54) is 12.1 Å². The minimum atomic E-state index is -4.61. The third-order valence-corrected chi connectivity index (χ3v) is 3.13. The topological polar surface area (TPSA) is 88.6 Å². The van der Waals surface area contributed by atoms with Crippen molar-refractivity contribution in [1.29, 1.82) is 0 Å². The summed E-state index contributed by atoms with van der Waals surface area (Å²) in [5, 5.41) is 22.3. The van der Waals surface area contributed by atoms with Crippen LogP contribution < -0.4 is 0 Å². The van der Waals surface area contributed by atoms with Crippen molar-refractivity contribution in [3.8, 4) is 0 Å².